The van der Waals surface area contributed by atoms with E-state index in [1.807, 2.05) is 4.68 Å². The van der Waals surface area contributed by atoms with Gasteiger partial charge in [0.1, 0.15) is 0 Å². The first-order valence-corrected chi connectivity index (χ1v) is 6.68. The van der Waals surface area contributed by atoms with Crippen LogP contribution in [0.4, 0.5) is 0 Å². The van der Waals surface area contributed by atoms with Crippen LogP contribution in [0.2, 0.25) is 5.02 Å². The maximum Gasteiger partial charge on any atom is 0.0834 e. The van der Waals surface area contributed by atoms with Crippen molar-refractivity contribution in [2.45, 2.75) is 39.3 Å². The lowest BCUT2D eigenvalue weighted by atomic mass is 9.97. The van der Waals surface area contributed by atoms with Crippen LogP contribution in [0, 0.1) is 5.92 Å². The first-order chi connectivity index (χ1) is 8.63. The third kappa shape index (κ3) is 3.95. The quantitative estimate of drug-likeness (QED) is 0.563. The third-order valence-corrected chi connectivity index (χ3v) is 3.50. The smallest absolute Gasteiger partial charge is 0.0834 e. The minimum Gasteiger partial charge on any atom is -0.383 e. The Morgan fingerprint density at radius 3 is 2.89 bits per heavy atom. The normalized spacial score (nSPS) is 14.7. The van der Waals surface area contributed by atoms with Gasteiger partial charge in [-0.25, -0.2) is 0 Å². The first-order valence-electron chi connectivity index (χ1n) is 6.30. The Balaban J connectivity index is 2.86. The number of aromatic nitrogens is 2. The zero-order valence-corrected chi connectivity index (χ0v) is 12.1. The van der Waals surface area contributed by atoms with E-state index in [1.165, 1.54) is 0 Å². The number of methoxy groups -OCH3 is 1. The van der Waals surface area contributed by atoms with Gasteiger partial charge in [-0.15, -0.1) is 0 Å². The molecule has 0 fully saturated rings. The standard InChI is InChI=1S/C12H23ClN4O/c1-4-9(2)7-11(16-14)12-10(13)8-15-17(12)5-6-18-3/h8-9,11,16H,4-7,14H2,1-3H3. The van der Waals surface area contributed by atoms with E-state index >= 15 is 0 Å². The Morgan fingerprint density at radius 1 is 1.61 bits per heavy atom. The fourth-order valence-electron chi connectivity index (χ4n) is 1.90. The van der Waals surface area contributed by atoms with Crippen LogP contribution >= 0.6 is 11.6 Å². The van der Waals surface area contributed by atoms with E-state index in [-0.39, 0.29) is 6.04 Å². The molecule has 0 spiro atoms. The summed E-state index contributed by atoms with van der Waals surface area (Å²) in [6.45, 7) is 5.65. The van der Waals surface area contributed by atoms with E-state index in [4.69, 9.17) is 22.2 Å². The fraction of sp³-hybridized carbons (Fsp3) is 0.750. The lowest BCUT2D eigenvalue weighted by molar-refractivity contribution is 0.181. The molecule has 2 unspecified atom stereocenters. The van der Waals surface area contributed by atoms with Gasteiger partial charge in [0.05, 0.1) is 36.1 Å². The predicted octanol–water partition coefficient (Wildman–Crippen LogP) is 2.12. The molecule has 1 aromatic heterocycles. The van der Waals surface area contributed by atoms with E-state index in [9.17, 15) is 0 Å². The molecule has 6 heteroatoms. The third-order valence-electron chi connectivity index (χ3n) is 3.21. The largest absolute Gasteiger partial charge is 0.383 e. The molecule has 0 bridgehead atoms. The maximum atomic E-state index is 6.20. The van der Waals surface area contributed by atoms with Gasteiger partial charge in [-0.1, -0.05) is 31.9 Å². The summed E-state index contributed by atoms with van der Waals surface area (Å²) >= 11 is 6.20. The van der Waals surface area contributed by atoms with Gasteiger partial charge < -0.3 is 4.74 Å². The molecule has 1 rings (SSSR count). The number of hydrogen-bond donors (Lipinski definition) is 2. The Bertz CT molecular complexity index is 356. The number of rotatable bonds is 8. The van der Waals surface area contributed by atoms with Crippen LogP contribution in [0.15, 0.2) is 6.20 Å². The molecule has 3 N–H and O–H groups in total. The molecular weight excluding hydrogens is 252 g/mol. The van der Waals surface area contributed by atoms with E-state index in [1.54, 1.807) is 13.3 Å². The van der Waals surface area contributed by atoms with Crippen molar-refractivity contribution in [1.82, 2.24) is 15.2 Å². The summed E-state index contributed by atoms with van der Waals surface area (Å²) in [6, 6.07) is 0.0202. The Kier molecular flexibility index (Phi) is 6.63. The second-order valence-corrected chi connectivity index (χ2v) is 4.97. The van der Waals surface area contributed by atoms with E-state index in [0.717, 1.165) is 18.5 Å². The van der Waals surface area contributed by atoms with Gasteiger partial charge in [0.2, 0.25) is 0 Å². The summed E-state index contributed by atoms with van der Waals surface area (Å²) in [5, 5.41) is 4.91. The van der Waals surface area contributed by atoms with Crippen molar-refractivity contribution in [1.29, 1.82) is 0 Å². The van der Waals surface area contributed by atoms with Crippen molar-refractivity contribution in [3.8, 4) is 0 Å². The first kappa shape index (κ1) is 15.4. The van der Waals surface area contributed by atoms with Gasteiger partial charge in [-0.2, -0.15) is 5.10 Å². The van der Waals surface area contributed by atoms with Crippen LogP contribution in [-0.2, 0) is 11.3 Å². The molecular formula is C12H23ClN4O. The predicted molar refractivity (Wildman–Crippen MR) is 73.2 cm³/mol. The number of halogens is 1. The molecule has 5 nitrogen and oxygen atoms in total. The second kappa shape index (κ2) is 7.74. The summed E-state index contributed by atoms with van der Waals surface area (Å²) in [5.74, 6) is 6.23. The highest BCUT2D eigenvalue weighted by molar-refractivity contribution is 6.31. The van der Waals surface area contributed by atoms with Crippen LogP contribution < -0.4 is 11.3 Å². The van der Waals surface area contributed by atoms with Gasteiger partial charge in [-0.05, 0) is 12.3 Å². The molecule has 2 atom stereocenters. The van der Waals surface area contributed by atoms with Crippen LogP contribution in [0.5, 0.6) is 0 Å². The second-order valence-electron chi connectivity index (χ2n) is 4.56. The minimum atomic E-state index is 0.0202. The van der Waals surface area contributed by atoms with E-state index < -0.39 is 0 Å². The maximum absolute atomic E-state index is 6.20. The van der Waals surface area contributed by atoms with Gasteiger partial charge in [0, 0.05) is 7.11 Å². The lowest BCUT2D eigenvalue weighted by Crippen LogP contribution is -2.31. The van der Waals surface area contributed by atoms with Crippen LogP contribution in [0.3, 0.4) is 0 Å². The van der Waals surface area contributed by atoms with Crippen molar-refractivity contribution >= 4 is 11.6 Å². The van der Waals surface area contributed by atoms with Crippen molar-refractivity contribution in [2.24, 2.45) is 11.8 Å². The number of nitrogens with zero attached hydrogens (tertiary/aromatic N) is 2. The van der Waals surface area contributed by atoms with Crippen molar-refractivity contribution in [3.63, 3.8) is 0 Å². The minimum absolute atomic E-state index is 0.0202. The SMILES string of the molecule is CCC(C)CC(NN)c1c(Cl)cnn1CCOC. The lowest BCUT2D eigenvalue weighted by Gasteiger charge is -2.21. The van der Waals surface area contributed by atoms with Gasteiger partial charge in [0.15, 0.2) is 0 Å². The topological polar surface area (TPSA) is 65.1 Å². The van der Waals surface area contributed by atoms with Gasteiger partial charge in [-0.3, -0.25) is 16.0 Å². The zero-order chi connectivity index (χ0) is 13.5. The van der Waals surface area contributed by atoms with Crippen LogP contribution in [0.25, 0.3) is 0 Å². The van der Waals surface area contributed by atoms with Crippen molar-refractivity contribution in [2.75, 3.05) is 13.7 Å². The molecule has 0 saturated heterocycles. The number of hydrogen-bond acceptors (Lipinski definition) is 4. The molecule has 0 aliphatic rings. The summed E-state index contributed by atoms with van der Waals surface area (Å²) in [4.78, 5) is 0. The molecule has 1 aromatic rings. The van der Waals surface area contributed by atoms with E-state index in [0.29, 0.717) is 24.1 Å². The molecule has 0 saturated carbocycles. The summed E-state index contributed by atoms with van der Waals surface area (Å²) < 4.78 is 6.93. The summed E-state index contributed by atoms with van der Waals surface area (Å²) in [6.07, 6.45) is 3.71. The summed E-state index contributed by atoms with van der Waals surface area (Å²) in [7, 11) is 1.67. The molecule has 0 radical (unpaired) electrons. The monoisotopic (exact) mass is 274 g/mol. The Labute approximate surface area is 114 Å². The van der Waals surface area contributed by atoms with Crippen molar-refractivity contribution in [3.05, 3.63) is 16.9 Å². The molecule has 0 aromatic carbocycles. The van der Waals surface area contributed by atoms with Gasteiger partial charge >= 0.3 is 0 Å². The number of nitrogens with one attached hydrogen (secondary N) is 1. The summed E-state index contributed by atoms with van der Waals surface area (Å²) in [5.41, 5.74) is 3.78. The molecule has 0 aliphatic carbocycles. The van der Waals surface area contributed by atoms with Crippen LogP contribution in [0.1, 0.15) is 38.4 Å². The fourth-order valence-corrected chi connectivity index (χ4v) is 2.17. The average molecular weight is 275 g/mol. The Hall–Kier alpha value is -0.620. The highest BCUT2D eigenvalue weighted by atomic mass is 35.5. The number of hydrazine groups is 1. The van der Waals surface area contributed by atoms with E-state index in [2.05, 4.69) is 24.4 Å². The highest BCUT2D eigenvalue weighted by Crippen LogP contribution is 2.28. The van der Waals surface area contributed by atoms with Crippen molar-refractivity contribution < 1.29 is 4.74 Å². The molecule has 104 valence electrons. The number of nitrogens with two attached hydrogens (primary N) is 1. The van der Waals surface area contributed by atoms with Crippen LogP contribution in [-0.4, -0.2) is 23.5 Å². The Morgan fingerprint density at radius 2 is 2.33 bits per heavy atom. The van der Waals surface area contributed by atoms with Gasteiger partial charge in [0.25, 0.3) is 0 Å². The zero-order valence-electron chi connectivity index (χ0n) is 11.3. The average Bonchev–Trinajstić information content (AvgIpc) is 2.74. The molecule has 1 heterocycles. The highest BCUT2D eigenvalue weighted by Gasteiger charge is 2.21. The molecule has 0 amide bonds. The molecule has 0 aliphatic heterocycles. The number of ether oxygens (including phenoxy) is 1. The molecule has 18 heavy (non-hydrogen) atoms.